The Hall–Kier alpha value is -1.56. The van der Waals surface area contributed by atoms with E-state index in [-0.39, 0.29) is 11.7 Å². The van der Waals surface area contributed by atoms with E-state index in [0.29, 0.717) is 18.2 Å². The zero-order valence-electron chi connectivity index (χ0n) is 8.17. The highest BCUT2D eigenvalue weighted by Gasteiger charge is 2.29. The monoisotopic (exact) mass is 208 g/mol. The first kappa shape index (κ1) is 9.97. The molecule has 0 bridgehead atoms. The van der Waals surface area contributed by atoms with Crippen LogP contribution in [-0.2, 0) is 6.42 Å². The normalized spacial score (nSPS) is 17.4. The Morgan fingerprint density at radius 2 is 2.13 bits per heavy atom. The third kappa shape index (κ3) is 2.47. The molecule has 1 atom stereocenters. The van der Waals surface area contributed by atoms with E-state index in [9.17, 15) is 10.1 Å². The second kappa shape index (κ2) is 3.90. The maximum absolute atomic E-state index is 10.4. The average Bonchev–Trinajstić information content (AvgIpc) is 3.01. The summed E-state index contributed by atoms with van der Waals surface area (Å²) in [5, 5.41) is 10.4. The van der Waals surface area contributed by atoms with Gasteiger partial charge in [0.2, 0.25) is 0 Å². The van der Waals surface area contributed by atoms with Crippen molar-refractivity contribution in [3.8, 4) is 0 Å². The van der Waals surface area contributed by atoms with Crippen molar-refractivity contribution in [2.24, 2.45) is 11.7 Å². The van der Waals surface area contributed by atoms with Crippen molar-refractivity contribution in [3.05, 3.63) is 28.3 Å². The van der Waals surface area contributed by atoms with Crippen LogP contribution in [0.1, 0.15) is 18.7 Å². The third-order valence-corrected chi connectivity index (χ3v) is 2.55. The Kier molecular flexibility index (Phi) is 2.59. The van der Waals surface area contributed by atoms with Gasteiger partial charge in [0.05, 0.1) is 4.92 Å². The summed E-state index contributed by atoms with van der Waals surface area (Å²) in [4.78, 5) is 17.7. The SMILES string of the molecule is NC(Cc1ncc([N+](=O)[O-])cn1)C1CC1. The highest BCUT2D eigenvalue weighted by atomic mass is 16.6. The predicted molar refractivity (Wildman–Crippen MR) is 53.1 cm³/mol. The van der Waals surface area contributed by atoms with Crippen LogP contribution in [-0.4, -0.2) is 20.9 Å². The minimum atomic E-state index is -0.509. The number of nitro groups is 1. The Morgan fingerprint density at radius 3 is 2.60 bits per heavy atom. The largest absolute Gasteiger partial charge is 0.327 e. The molecule has 6 heteroatoms. The van der Waals surface area contributed by atoms with Gasteiger partial charge in [0.1, 0.15) is 18.2 Å². The van der Waals surface area contributed by atoms with Crippen LogP contribution in [0.15, 0.2) is 12.4 Å². The fourth-order valence-electron chi connectivity index (χ4n) is 1.45. The number of aromatic nitrogens is 2. The van der Waals surface area contributed by atoms with E-state index in [1.54, 1.807) is 0 Å². The molecule has 1 fully saturated rings. The van der Waals surface area contributed by atoms with E-state index in [1.165, 1.54) is 25.2 Å². The van der Waals surface area contributed by atoms with Gasteiger partial charge in [0.25, 0.3) is 0 Å². The van der Waals surface area contributed by atoms with Gasteiger partial charge in [-0.2, -0.15) is 0 Å². The molecule has 80 valence electrons. The minimum absolute atomic E-state index is 0.0845. The summed E-state index contributed by atoms with van der Waals surface area (Å²) < 4.78 is 0. The first-order valence-corrected chi connectivity index (χ1v) is 4.87. The van der Waals surface area contributed by atoms with Gasteiger partial charge in [-0.1, -0.05) is 0 Å². The number of hydrogen-bond donors (Lipinski definition) is 1. The fraction of sp³-hybridized carbons (Fsp3) is 0.556. The molecule has 1 unspecified atom stereocenters. The second-order valence-electron chi connectivity index (χ2n) is 3.82. The first-order chi connectivity index (χ1) is 7.16. The molecule has 1 aliphatic carbocycles. The van der Waals surface area contributed by atoms with Gasteiger partial charge in [-0.3, -0.25) is 10.1 Å². The topological polar surface area (TPSA) is 94.9 Å². The highest BCUT2D eigenvalue weighted by Crippen LogP contribution is 2.32. The Bertz CT molecular complexity index is 361. The molecule has 1 aromatic rings. The molecular formula is C9H12N4O2. The van der Waals surface area contributed by atoms with Crippen LogP contribution in [0.4, 0.5) is 5.69 Å². The van der Waals surface area contributed by atoms with Gasteiger partial charge >= 0.3 is 5.69 Å². The molecule has 6 nitrogen and oxygen atoms in total. The van der Waals surface area contributed by atoms with Crippen molar-refractivity contribution in [1.29, 1.82) is 0 Å². The Morgan fingerprint density at radius 1 is 1.53 bits per heavy atom. The van der Waals surface area contributed by atoms with Crippen molar-refractivity contribution in [3.63, 3.8) is 0 Å². The van der Waals surface area contributed by atoms with Gasteiger partial charge in [0.15, 0.2) is 0 Å². The molecule has 0 amide bonds. The van der Waals surface area contributed by atoms with Gasteiger partial charge in [-0.15, -0.1) is 0 Å². The summed E-state index contributed by atoms with van der Waals surface area (Å²) in [5.74, 6) is 1.17. The third-order valence-electron chi connectivity index (χ3n) is 2.55. The van der Waals surface area contributed by atoms with Crippen LogP contribution in [0.2, 0.25) is 0 Å². The van der Waals surface area contributed by atoms with Gasteiger partial charge < -0.3 is 5.73 Å². The molecule has 0 saturated heterocycles. The first-order valence-electron chi connectivity index (χ1n) is 4.87. The van der Waals surface area contributed by atoms with Crippen molar-refractivity contribution in [1.82, 2.24) is 9.97 Å². The maximum atomic E-state index is 10.4. The molecule has 0 spiro atoms. The Balaban J connectivity index is 1.99. The zero-order chi connectivity index (χ0) is 10.8. The molecular weight excluding hydrogens is 196 g/mol. The van der Waals surface area contributed by atoms with Crippen LogP contribution in [0, 0.1) is 16.0 Å². The van der Waals surface area contributed by atoms with E-state index < -0.39 is 4.92 Å². The van der Waals surface area contributed by atoms with Crippen LogP contribution < -0.4 is 5.73 Å². The molecule has 0 aromatic carbocycles. The lowest BCUT2D eigenvalue weighted by Gasteiger charge is -2.07. The molecule has 0 radical (unpaired) electrons. The molecule has 1 aromatic heterocycles. The van der Waals surface area contributed by atoms with Gasteiger partial charge in [0, 0.05) is 12.5 Å². The smallest absolute Gasteiger partial charge is 0.305 e. The number of nitrogens with two attached hydrogens (primary N) is 1. The zero-order valence-corrected chi connectivity index (χ0v) is 8.17. The van der Waals surface area contributed by atoms with E-state index >= 15 is 0 Å². The minimum Gasteiger partial charge on any atom is -0.327 e. The molecule has 0 aliphatic heterocycles. The molecule has 2 rings (SSSR count). The Labute approximate surface area is 86.7 Å². The summed E-state index contributed by atoms with van der Waals surface area (Å²) in [7, 11) is 0. The predicted octanol–water partition coefficient (Wildman–Crippen LogP) is 0.665. The van der Waals surface area contributed by atoms with Crippen molar-refractivity contribution >= 4 is 5.69 Å². The van der Waals surface area contributed by atoms with E-state index in [2.05, 4.69) is 9.97 Å². The van der Waals surface area contributed by atoms with Crippen LogP contribution >= 0.6 is 0 Å². The summed E-state index contributed by atoms with van der Waals surface area (Å²) >= 11 is 0. The van der Waals surface area contributed by atoms with E-state index in [1.807, 2.05) is 0 Å². The van der Waals surface area contributed by atoms with Crippen molar-refractivity contribution in [2.45, 2.75) is 25.3 Å². The fourth-order valence-corrected chi connectivity index (χ4v) is 1.45. The van der Waals surface area contributed by atoms with Crippen LogP contribution in [0.5, 0.6) is 0 Å². The van der Waals surface area contributed by atoms with Crippen molar-refractivity contribution < 1.29 is 4.92 Å². The van der Waals surface area contributed by atoms with Gasteiger partial charge in [-0.05, 0) is 18.8 Å². The molecule has 15 heavy (non-hydrogen) atoms. The number of nitrogens with zero attached hydrogens (tertiary/aromatic N) is 3. The lowest BCUT2D eigenvalue weighted by Crippen LogP contribution is -2.26. The lowest BCUT2D eigenvalue weighted by atomic mass is 10.1. The van der Waals surface area contributed by atoms with E-state index in [4.69, 9.17) is 5.73 Å². The standard InChI is InChI=1S/C9H12N4O2/c10-8(6-1-2-6)3-9-11-4-7(5-12-9)13(14)15/h4-6,8H,1-3,10H2. The quantitative estimate of drug-likeness (QED) is 0.579. The molecule has 1 saturated carbocycles. The molecule has 2 N–H and O–H groups in total. The summed E-state index contributed by atoms with van der Waals surface area (Å²) in [6, 6.07) is 0.0893. The van der Waals surface area contributed by atoms with Gasteiger partial charge in [-0.25, -0.2) is 9.97 Å². The van der Waals surface area contributed by atoms with Crippen LogP contribution in [0.25, 0.3) is 0 Å². The van der Waals surface area contributed by atoms with Crippen molar-refractivity contribution in [2.75, 3.05) is 0 Å². The summed E-state index contributed by atoms with van der Waals surface area (Å²) in [5.41, 5.74) is 5.81. The average molecular weight is 208 g/mol. The molecule has 1 aliphatic rings. The second-order valence-corrected chi connectivity index (χ2v) is 3.82. The summed E-state index contributed by atoms with van der Waals surface area (Å²) in [6.07, 6.45) is 5.40. The lowest BCUT2D eigenvalue weighted by molar-refractivity contribution is -0.385. The maximum Gasteiger partial charge on any atom is 0.305 e. The number of hydrogen-bond acceptors (Lipinski definition) is 5. The van der Waals surface area contributed by atoms with E-state index in [0.717, 1.165) is 0 Å². The number of rotatable bonds is 4. The molecule has 1 heterocycles. The highest BCUT2D eigenvalue weighted by molar-refractivity contribution is 5.20. The van der Waals surface area contributed by atoms with Crippen LogP contribution in [0.3, 0.4) is 0 Å². The summed E-state index contributed by atoms with van der Waals surface area (Å²) in [6.45, 7) is 0.